The Bertz CT molecular complexity index is 670. The van der Waals surface area contributed by atoms with Crippen LogP contribution in [0.3, 0.4) is 0 Å². The van der Waals surface area contributed by atoms with Crippen LogP contribution in [0.25, 0.3) is 10.8 Å². The zero-order valence-corrected chi connectivity index (χ0v) is 14.8. The minimum absolute atomic E-state index is 0.0469. The lowest BCUT2D eigenvalue weighted by Gasteiger charge is -2.14. The number of aliphatic hydroxyl groups excluding tert-OH is 1. The summed E-state index contributed by atoms with van der Waals surface area (Å²) in [7, 11) is 0. The molecular weight excluding hydrogens is 320 g/mol. The van der Waals surface area contributed by atoms with Gasteiger partial charge in [0.1, 0.15) is 25.1 Å². The number of ether oxygens (including phenoxy) is 3. The highest BCUT2D eigenvalue weighted by molar-refractivity contribution is 5.83. The first-order chi connectivity index (χ1) is 12.1. The molecule has 0 amide bonds. The van der Waals surface area contributed by atoms with Crippen molar-refractivity contribution in [3.63, 3.8) is 0 Å². The number of hydrogen-bond acceptors (Lipinski definition) is 5. The average molecular weight is 346 g/mol. The second-order valence-corrected chi connectivity index (χ2v) is 6.03. The standard InChI is InChI=1S/C20H26O5/c1-3-15(2)20(22)25-14-18(21)13-23-10-11-24-19-9-8-16-6-4-5-7-17(16)12-19/h4-9,12,15,18,21H,3,10-11,13-14H2,1-2H3. The lowest BCUT2D eigenvalue weighted by atomic mass is 10.1. The molecule has 0 bridgehead atoms. The van der Waals surface area contributed by atoms with Gasteiger partial charge in [0.2, 0.25) is 0 Å². The molecule has 0 aliphatic rings. The number of rotatable bonds is 10. The Balaban J connectivity index is 1.61. The van der Waals surface area contributed by atoms with Gasteiger partial charge < -0.3 is 19.3 Å². The van der Waals surface area contributed by atoms with E-state index in [1.165, 1.54) is 5.39 Å². The molecule has 1 N–H and O–H groups in total. The summed E-state index contributed by atoms with van der Waals surface area (Å²) in [6.45, 7) is 4.51. The third-order valence-corrected chi connectivity index (χ3v) is 3.96. The number of carbonyl (C=O) groups is 1. The molecule has 2 aromatic rings. The van der Waals surface area contributed by atoms with Crippen molar-refractivity contribution in [2.75, 3.05) is 26.4 Å². The van der Waals surface area contributed by atoms with E-state index in [-0.39, 0.29) is 25.1 Å². The Labute approximate surface area is 148 Å². The van der Waals surface area contributed by atoms with Crippen LogP contribution in [0.15, 0.2) is 42.5 Å². The molecule has 0 aliphatic carbocycles. The largest absolute Gasteiger partial charge is 0.491 e. The smallest absolute Gasteiger partial charge is 0.308 e. The minimum atomic E-state index is -0.825. The number of hydrogen-bond donors (Lipinski definition) is 1. The van der Waals surface area contributed by atoms with E-state index in [9.17, 15) is 9.90 Å². The van der Waals surface area contributed by atoms with E-state index in [1.54, 1.807) is 6.92 Å². The average Bonchev–Trinajstić information content (AvgIpc) is 2.65. The molecule has 2 aromatic carbocycles. The van der Waals surface area contributed by atoms with Gasteiger partial charge in [0, 0.05) is 0 Å². The van der Waals surface area contributed by atoms with Crippen LogP contribution in [0.2, 0.25) is 0 Å². The molecule has 136 valence electrons. The van der Waals surface area contributed by atoms with Gasteiger partial charge in [-0.2, -0.15) is 0 Å². The van der Waals surface area contributed by atoms with E-state index in [1.807, 2.05) is 43.3 Å². The Hall–Kier alpha value is -2.11. The quantitative estimate of drug-likeness (QED) is 0.529. The van der Waals surface area contributed by atoms with Gasteiger partial charge in [0.15, 0.2) is 0 Å². The summed E-state index contributed by atoms with van der Waals surface area (Å²) < 4.78 is 16.0. The Morgan fingerprint density at radius 1 is 1.08 bits per heavy atom. The van der Waals surface area contributed by atoms with Crippen LogP contribution in [0.1, 0.15) is 20.3 Å². The van der Waals surface area contributed by atoms with Crippen LogP contribution in [0, 0.1) is 5.92 Å². The molecule has 0 radical (unpaired) electrons. The van der Waals surface area contributed by atoms with Crippen LogP contribution < -0.4 is 4.74 Å². The Morgan fingerprint density at radius 3 is 2.60 bits per heavy atom. The van der Waals surface area contributed by atoms with Crippen LogP contribution in [0.5, 0.6) is 5.75 Å². The molecule has 0 fully saturated rings. The van der Waals surface area contributed by atoms with E-state index in [0.29, 0.717) is 13.2 Å². The SMILES string of the molecule is CCC(C)C(=O)OCC(O)COCCOc1ccc2ccccc2c1. The molecule has 0 saturated heterocycles. The van der Waals surface area contributed by atoms with Gasteiger partial charge in [-0.15, -0.1) is 0 Å². The fourth-order valence-corrected chi connectivity index (χ4v) is 2.23. The first kappa shape index (κ1) is 19.2. The summed E-state index contributed by atoms with van der Waals surface area (Å²) in [4.78, 5) is 11.5. The highest BCUT2D eigenvalue weighted by Gasteiger charge is 2.14. The van der Waals surface area contributed by atoms with Crippen molar-refractivity contribution in [1.29, 1.82) is 0 Å². The molecule has 0 aliphatic heterocycles. The number of benzene rings is 2. The summed E-state index contributed by atoms with van der Waals surface area (Å²) in [6.07, 6.45) is -0.106. The summed E-state index contributed by atoms with van der Waals surface area (Å²) >= 11 is 0. The van der Waals surface area contributed by atoms with Gasteiger partial charge in [-0.05, 0) is 29.3 Å². The van der Waals surface area contributed by atoms with Crippen molar-refractivity contribution in [2.45, 2.75) is 26.4 Å². The molecule has 5 heteroatoms. The minimum Gasteiger partial charge on any atom is -0.491 e. The fourth-order valence-electron chi connectivity index (χ4n) is 2.23. The first-order valence-corrected chi connectivity index (χ1v) is 8.64. The zero-order valence-electron chi connectivity index (χ0n) is 14.8. The molecule has 2 atom stereocenters. The van der Waals surface area contributed by atoms with Gasteiger partial charge in [0.25, 0.3) is 0 Å². The van der Waals surface area contributed by atoms with E-state index in [4.69, 9.17) is 14.2 Å². The first-order valence-electron chi connectivity index (χ1n) is 8.64. The van der Waals surface area contributed by atoms with Crippen molar-refractivity contribution in [3.8, 4) is 5.75 Å². The monoisotopic (exact) mass is 346 g/mol. The third kappa shape index (κ3) is 6.36. The van der Waals surface area contributed by atoms with Crippen LogP contribution >= 0.6 is 0 Å². The van der Waals surface area contributed by atoms with Gasteiger partial charge in [-0.25, -0.2) is 0 Å². The predicted molar refractivity (Wildman–Crippen MR) is 96.7 cm³/mol. The topological polar surface area (TPSA) is 65.0 Å². The summed E-state index contributed by atoms with van der Waals surface area (Å²) in [5.74, 6) is 0.343. The third-order valence-electron chi connectivity index (χ3n) is 3.96. The number of fused-ring (bicyclic) bond motifs is 1. The molecule has 2 rings (SSSR count). The lowest BCUT2D eigenvalue weighted by Crippen LogP contribution is -2.26. The van der Waals surface area contributed by atoms with Crippen molar-refractivity contribution >= 4 is 16.7 Å². The van der Waals surface area contributed by atoms with E-state index in [2.05, 4.69) is 6.07 Å². The van der Waals surface area contributed by atoms with Gasteiger partial charge in [-0.3, -0.25) is 4.79 Å². The maximum atomic E-state index is 11.5. The number of carbonyl (C=O) groups excluding carboxylic acids is 1. The van der Waals surface area contributed by atoms with Gasteiger partial charge >= 0.3 is 5.97 Å². The lowest BCUT2D eigenvalue weighted by molar-refractivity contribution is -0.152. The van der Waals surface area contributed by atoms with Gasteiger partial charge in [0.05, 0.1) is 19.1 Å². The van der Waals surface area contributed by atoms with Crippen LogP contribution in [-0.4, -0.2) is 43.6 Å². The Kier molecular flexibility index (Phi) is 7.70. The van der Waals surface area contributed by atoms with Crippen molar-refractivity contribution in [3.05, 3.63) is 42.5 Å². The number of aliphatic hydroxyl groups is 1. The predicted octanol–water partition coefficient (Wildman–Crippen LogP) is 3.19. The molecule has 0 aromatic heterocycles. The molecule has 0 saturated carbocycles. The zero-order chi connectivity index (χ0) is 18.1. The number of esters is 1. The maximum absolute atomic E-state index is 11.5. The van der Waals surface area contributed by atoms with E-state index < -0.39 is 6.10 Å². The summed E-state index contributed by atoms with van der Waals surface area (Å²) in [5.41, 5.74) is 0. The summed E-state index contributed by atoms with van der Waals surface area (Å²) in [5, 5.41) is 12.0. The fraction of sp³-hybridized carbons (Fsp3) is 0.450. The van der Waals surface area contributed by atoms with E-state index in [0.717, 1.165) is 17.6 Å². The molecule has 25 heavy (non-hydrogen) atoms. The second kappa shape index (κ2) is 10.0. The molecule has 2 unspecified atom stereocenters. The van der Waals surface area contributed by atoms with Crippen molar-refractivity contribution in [2.24, 2.45) is 5.92 Å². The summed E-state index contributed by atoms with van der Waals surface area (Å²) in [6, 6.07) is 14.0. The highest BCUT2D eigenvalue weighted by Crippen LogP contribution is 2.20. The van der Waals surface area contributed by atoms with Crippen LogP contribution in [0.4, 0.5) is 0 Å². The normalized spacial score (nSPS) is 13.4. The van der Waals surface area contributed by atoms with Crippen molar-refractivity contribution in [1.82, 2.24) is 0 Å². The second-order valence-electron chi connectivity index (χ2n) is 6.03. The maximum Gasteiger partial charge on any atom is 0.308 e. The van der Waals surface area contributed by atoms with E-state index >= 15 is 0 Å². The van der Waals surface area contributed by atoms with Gasteiger partial charge in [-0.1, -0.05) is 44.2 Å². The molecule has 0 heterocycles. The molecular formula is C20H26O5. The van der Waals surface area contributed by atoms with Crippen LogP contribution in [-0.2, 0) is 14.3 Å². The highest BCUT2D eigenvalue weighted by atomic mass is 16.6. The molecule has 5 nitrogen and oxygen atoms in total. The van der Waals surface area contributed by atoms with Crippen molar-refractivity contribution < 1.29 is 24.1 Å². The molecule has 0 spiro atoms. The Morgan fingerprint density at radius 2 is 1.84 bits per heavy atom.